The predicted molar refractivity (Wildman–Crippen MR) is 79.5 cm³/mol. The lowest BCUT2D eigenvalue weighted by atomic mass is 9.85. The first-order chi connectivity index (χ1) is 9.60. The molecule has 0 radical (unpaired) electrons. The van der Waals surface area contributed by atoms with Crippen molar-refractivity contribution in [1.82, 2.24) is 5.32 Å². The molecule has 0 aromatic heterocycles. The molecule has 4 nitrogen and oxygen atoms in total. The lowest BCUT2D eigenvalue weighted by Gasteiger charge is -2.26. The maximum atomic E-state index is 12.2. The van der Waals surface area contributed by atoms with Crippen molar-refractivity contribution < 1.29 is 9.53 Å². The average Bonchev–Trinajstić information content (AvgIpc) is 2.48. The fourth-order valence-electron chi connectivity index (χ4n) is 2.69. The number of rotatable bonds is 4. The molecule has 1 aromatic rings. The third-order valence-corrected chi connectivity index (χ3v) is 4.12. The normalized spacial score (nSPS) is 23.9. The summed E-state index contributed by atoms with van der Waals surface area (Å²) in [6.07, 6.45) is 3.72. The highest BCUT2D eigenvalue weighted by Gasteiger charge is 2.25. The molecule has 20 heavy (non-hydrogen) atoms. The Morgan fingerprint density at radius 2 is 1.85 bits per heavy atom. The zero-order valence-electron chi connectivity index (χ0n) is 12.3. The zero-order chi connectivity index (χ0) is 14.5. The Bertz CT molecular complexity index is 436. The first-order valence-corrected chi connectivity index (χ1v) is 7.30. The number of hydrogen-bond donors (Lipinski definition) is 2. The summed E-state index contributed by atoms with van der Waals surface area (Å²) >= 11 is 0. The van der Waals surface area contributed by atoms with Crippen LogP contribution in [0.4, 0.5) is 0 Å². The zero-order valence-corrected chi connectivity index (χ0v) is 12.3. The number of methoxy groups -OCH3 is 1. The van der Waals surface area contributed by atoms with Gasteiger partial charge < -0.3 is 15.8 Å². The molecule has 1 saturated carbocycles. The summed E-state index contributed by atoms with van der Waals surface area (Å²) in [7, 11) is 1.65. The number of nitrogens with two attached hydrogens (primary N) is 1. The van der Waals surface area contributed by atoms with Crippen LogP contribution in [0.1, 0.15) is 44.2 Å². The van der Waals surface area contributed by atoms with E-state index in [1.54, 1.807) is 7.11 Å². The van der Waals surface area contributed by atoms with Crippen LogP contribution in [0.2, 0.25) is 0 Å². The molecule has 0 unspecified atom stereocenters. The molecule has 1 amide bonds. The van der Waals surface area contributed by atoms with E-state index < -0.39 is 0 Å². The number of benzene rings is 1. The van der Waals surface area contributed by atoms with Gasteiger partial charge in [-0.05, 0) is 50.3 Å². The number of hydrogen-bond acceptors (Lipinski definition) is 3. The third kappa shape index (κ3) is 3.73. The van der Waals surface area contributed by atoms with E-state index in [1.165, 1.54) is 0 Å². The third-order valence-electron chi connectivity index (χ3n) is 4.12. The monoisotopic (exact) mass is 276 g/mol. The topological polar surface area (TPSA) is 64.3 Å². The molecule has 0 heterocycles. The largest absolute Gasteiger partial charge is 0.497 e. The van der Waals surface area contributed by atoms with Crippen LogP contribution >= 0.6 is 0 Å². The number of carbonyl (C=O) groups is 1. The summed E-state index contributed by atoms with van der Waals surface area (Å²) in [4.78, 5) is 12.2. The first-order valence-electron chi connectivity index (χ1n) is 7.30. The van der Waals surface area contributed by atoms with Gasteiger partial charge in [0.1, 0.15) is 5.75 Å². The molecule has 1 aliphatic carbocycles. The maximum absolute atomic E-state index is 12.2. The van der Waals surface area contributed by atoms with E-state index in [4.69, 9.17) is 10.5 Å². The van der Waals surface area contributed by atoms with Gasteiger partial charge in [-0.15, -0.1) is 0 Å². The van der Waals surface area contributed by atoms with Crippen molar-refractivity contribution in [1.29, 1.82) is 0 Å². The molecule has 0 aliphatic heterocycles. The van der Waals surface area contributed by atoms with Crippen LogP contribution in [0.15, 0.2) is 24.3 Å². The molecular formula is C16H24N2O2. The highest BCUT2D eigenvalue weighted by atomic mass is 16.5. The van der Waals surface area contributed by atoms with Gasteiger partial charge in [0, 0.05) is 12.0 Å². The van der Waals surface area contributed by atoms with E-state index in [-0.39, 0.29) is 23.9 Å². The second-order valence-electron chi connectivity index (χ2n) is 5.62. The minimum absolute atomic E-state index is 0.0176. The van der Waals surface area contributed by atoms with Crippen molar-refractivity contribution in [2.24, 2.45) is 11.7 Å². The van der Waals surface area contributed by atoms with Crippen LogP contribution in [0.25, 0.3) is 0 Å². The van der Waals surface area contributed by atoms with Crippen molar-refractivity contribution in [3.8, 4) is 5.75 Å². The lowest BCUT2D eigenvalue weighted by molar-refractivity contribution is -0.126. The summed E-state index contributed by atoms with van der Waals surface area (Å²) in [5, 5.41) is 3.10. The molecule has 4 heteroatoms. The molecule has 0 saturated heterocycles. The van der Waals surface area contributed by atoms with Crippen LogP contribution in [0, 0.1) is 5.92 Å². The fourth-order valence-corrected chi connectivity index (χ4v) is 2.69. The predicted octanol–water partition coefficient (Wildman–Crippen LogP) is 2.39. The Morgan fingerprint density at radius 3 is 2.40 bits per heavy atom. The minimum atomic E-state index is 0.0176. The van der Waals surface area contributed by atoms with Gasteiger partial charge in [-0.2, -0.15) is 0 Å². The van der Waals surface area contributed by atoms with Crippen LogP contribution in [-0.4, -0.2) is 19.1 Å². The minimum Gasteiger partial charge on any atom is -0.497 e. The lowest BCUT2D eigenvalue weighted by Crippen LogP contribution is -2.37. The Kier molecular flexibility index (Phi) is 5.01. The van der Waals surface area contributed by atoms with Crippen molar-refractivity contribution in [3.63, 3.8) is 0 Å². The van der Waals surface area contributed by atoms with Gasteiger partial charge in [-0.3, -0.25) is 4.79 Å². The van der Waals surface area contributed by atoms with E-state index in [1.807, 2.05) is 31.2 Å². The Labute approximate surface area is 120 Å². The van der Waals surface area contributed by atoms with Gasteiger partial charge in [-0.25, -0.2) is 0 Å². The summed E-state index contributed by atoms with van der Waals surface area (Å²) in [5.41, 5.74) is 6.96. The SMILES string of the molecule is COc1ccc([C@H](C)NC(=O)C2CCC(N)CC2)cc1. The molecule has 0 bridgehead atoms. The molecule has 1 fully saturated rings. The Hall–Kier alpha value is -1.55. The summed E-state index contributed by atoms with van der Waals surface area (Å²) in [6.45, 7) is 2.01. The van der Waals surface area contributed by atoms with E-state index in [0.717, 1.165) is 37.0 Å². The van der Waals surface area contributed by atoms with Crippen molar-refractivity contribution in [2.75, 3.05) is 7.11 Å². The van der Waals surface area contributed by atoms with Gasteiger partial charge in [0.25, 0.3) is 0 Å². The molecule has 2 rings (SSSR count). The van der Waals surface area contributed by atoms with Gasteiger partial charge in [0.05, 0.1) is 13.2 Å². The molecule has 1 aliphatic rings. The molecular weight excluding hydrogens is 252 g/mol. The van der Waals surface area contributed by atoms with E-state index >= 15 is 0 Å². The number of carbonyl (C=O) groups excluding carboxylic acids is 1. The van der Waals surface area contributed by atoms with Gasteiger partial charge >= 0.3 is 0 Å². The second-order valence-corrected chi connectivity index (χ2v) is 5.62. The smallest absolute Gasteiger partial charge is 0.223 e. The van der Waals surface area contributed by atoms with Crippen molar-refractivity contribution in [3.05, 3.63) is 29.8 Å². The fraction of sp³-hybridized carbons (Fsp3) is 0.562. The van der Waals surface area contributed by atoms with E-state index in [2.05, 4.69) is 5.32 Å². The van der Waals surface area contributed by atoms with Crippen LogP contribution in [0.3, 0.4) is 0 Å². The second kappa shape index (κ2) is 6.75. The Morgan fingerprint density at radius 1 is 1.25 bits per heavy atom. The van der Waals surface area contributed by atoms with Crippen LogP contribution in [0.5, 0.6) is 5.75 Å². The van der Waals surface area contributed by atoms with E-state index in [9.17, 15) is 4.79 Å². The van der Waals surface area contributed by atoms with Gasteiger partial charge in [-0.1, -0.05) is 12.1 Å². The van der Waals surface area contributed by atoms with E-state index in [0.29, 0.717) is 0 Å². The summed E-state index contributed by atoms with van der Waals surface area (Å²) in [5.74, 6) is 1.10. The number of ether oxygens (including phenoxy) is 1. The average molecular weight is 276 g/mol. The molecule has 1 aromatic carbocycles. The highest BCUT2D eigenvalue weighted by molar-refractivity contribution is 5.79. The van der Waals surface area contributed by atoms with Crippen LogP contribution in [-0.2, 0) is 4.79 Å². The van der Waals surface area contributed by atoms with Gasteiger partial charge in [0.15, 0.2) is 0 Å². The summed E-state index contributed by atoms with van der Waals surface area (Å²) in [6, 6.07) is 8.10. The van der Waals surface area contributed by atoms with Crippen molar-refractivity contribution in [2.45, 2.75) is 44.7 Å². The first kappa shape index (κ1) is 14.9. The van der Waals surface area contributed by atoms with Gasteiger partial charge in [0.2, 0.25) is 5.91 Å². The maximum Gasteiger partial charge on any atom is 0.223 e. The number of nitrogens with one attached hydrogen (secondary N) is 1. The highest BCUT2D eigenvalue weighted by Crippen LogP contribution is 2.24. The Balaban J connectivity index is 1.89. The van der Waals surface area contributed by atoms with Crippen LogP contribution < -0.4 is 15.8 Å². The quantitative estimate of drug-likeness (QED) is 0.887. The molecule has 1 atom stereocenters. The van der Waals surface area contributed by atoms with Crippen molar-refractivity contribution >= 4 is 5.91 Å². The molecule has 3 N–H and O–H groups in total. The molecule has 0 spiro atoms. The standard InChI is InChI=1S/C16H24N2O2/c1-11(12-5-9-15(20-2)10-6-12)18-16(19)13-3-7-14(17)8-4-13/h5-6,9-11,13-14H,3-4,7-8,17H2,1-2H3,(H,18,19)/t11-,13?,14?/m0/s1. The number of amides is 1. The molecule has 110 valence electrons. The summed E-state index contributed by atoms with van der Waals surface area (Å²) < 4.78 is 5.14.